The van der Waals surface area contributed by atoms with E-state index in [1.54, 1.807) is 0 Å². The van der Waals surface area contributed by atoms with Gasteiger partial charge in [-0.05, 0) is 73.3 Å². The van der Waals surface area contributed by atoms with Gasteiger partial charge in [-0.3, -0.25) is 4.68 Å². The maximum atomic E-state index is 6.22. The van der Waals surface area contributed by atoms with Gasteiger partial charge in [-0.1, -0.05) is 0 Å². The van der Waals surface area contributed by atoms with E-state index in [1.165, 1.54) is 11.3 Å². The first kappa shape index (κ1) is 16.1. The molecule has 1 aliphatic heterocycles. The van der Waals surface area contributed by atoms with E-state index in [0.29, 0.717) is 17.8 Å². The van der Waals surface area contributed by atoms with Crippen molar-refractivity contribution in [2.45, 2.75) is 90.8 Å². The molecule has 2 heterocycles. The molecule has 0 aromatic carbocycles. The quantitative estimate of drug-likeness (QED) is 0.791. The van der Waals surface area contributed by atoms with Gasteiger partial charge in [0.05, 0.1) is 16.9 Å². The molecule has 122 valence electrons. The first-order valence-electron chi connectivity index (χ1n) is 8.46. The molecule has 1 aromatic rings. The van der Waals surface area contributed by atoms with Crippen LogP contribution in [0.15, 0.2) is 0 Å². The van der Waals surface area contributed by atoms with Crippen LogP contribution >= 0.6 is 0 Å². The van der Waals surface area contributed by atoms with Crippen molar-refractivity contribution < 1.29 is 9.31 Å². The van der Waals surface area contributed by atoms with E-state index in [0.717, 1.165) is 12.1 Å². The molecule has 4 nitrogen and oxygen atoms in total. The SMILES string of the molecule is Cc1nn(C(C)C)c(C)c1[C@@H]1C[C@H]1B1OC(C)(C)C(C)(C)O1. The highest BCUT2D eigenvalue weighted by Gasteiger charge is 2.60. The molecule has 2 aliphatic rings. The monoisotopic (exact) mass is 304 g/mol. The minimum absolute atomic E-state index is 0.0869. The Labute approximate surface area is 134 Å². The average Bonchev–Trinajstić information content (AvgIpc) is 3.02. The molecule has 0 N–H and O–H groups in total. The van der Waals surface area contributed by atoms with Crippen LogP contribution in [0.3, 0.4) is 0 Å². The Kier molecular flexibility index (Phi) is 3.54. The van der Waals surface area contributed by atoms with Crippen molar-refractivity contribution >= 4 is 7.12 Å². The van der Waals surface area contributed by atoms with Crippen LogP contribution in [-0.2, 0) is 9.31 Å². The number of nitrogens with zero attached hydrogens (tertiary/aromatic N) is 2. The van der Waals surface area contributed by atoms with Crippen LogP contribution in [-0.4, -0.2) is 28.1 Å². The number of hydrogen-bond donors (Lipinski definition) is 0. The van der Waals surface area contributed by atoms with E-state index < -0.39 is 0 Å². The first-order chi connectivity index (χ1) is 10.0. The largest absolute Gasteiger partial charge is 0.461 e. The summed E-state index contributed by atoms with van der Waals surface area (Å²) in [6, 6.07) is 0.404. The Hall–Kier alpha value is -0.805. The summed E-state index contributed by atoms with van der Waals surface area (Å²) in [4.78, 5) is 0. The van der Waals surface area contributed by atoms with E-state index in [2.05, 4.69) is 60.1 Å². The van der Waals surface area contributed by atoms with Crippen LogP contribution in [0.1, 0.15) is 76.9 Å². The van der Waals surface area contributed by atoms with Gasteiger partial charge in [0, 0.05) is 17.6 Å². The molecule has 1 saturated carbocycles. The second-order valence-corrected chi connectivity index (χ2v) is 8.25. The molecular weight excluding hydrogens is 275 g/mol. The van der Waals surface area contributed by atoms with Crippen LogP contribution in [0.4, 0.5) is 0 Å². The Morgan fingerprint density at radius 3 is 2.14 bits per heavy atom. The second kappa shape index (κ2) is 4.84. The minimum Gasteiger partial charge on any atom is -0.403 e. The second-order valence-electron chi connectivity index (χ2n) is 8.25. The van der Waals surface area contributed by atoms with Gasteiger partial charge < -0.3 is 9.31 Å². The molecule has 3 rings (SSSR count). The van der Waals surface area contributed by atoms with Crippen LogP contribution in [0.25, 0.3) is 0 Å². The lowest BCUT2D eigenvalue weighted by atomic mass is 9.79. The summed E-state index contributed by atoms with van der Waals surface area (Å²) >= 11 is 0. The van der Waals surface area contributed by atoms with Gasteiger partial charge in [-0.2, -0.15) is 5.10 Å². The fourth-order valence-electron chi connectivity index (χ4n) is 3.63. The van der Waals surface area contributed by atoms with Gasteiger partial charge in [0.2, 0.25) is 0 Å². The molecule has 1 aromatic heterocycles. The van der Waals surface area contributed by atoms with Crippen LogP contribution < -0.4 is 0 Å². The predicted octanol–water partition coefficient (Wildman–Crippen LogP) is 4.03. The normalized spacial score (nSPS) is 29.4. The Morgan fingerprint density at radius 1 is 1.14 bits per heavy atom. The highest BCUT2D eigenvalue weighted by atomic mass is 16.7. The zero-order chi connectivity index (χ0) is 16.4. The fourth-order valence-corrected chi connectivity index (χ4v) is 3.63. The summed E-state index contributed by atoms with van der Waals surface area (Å²) in [6.07, 6.45) is 1.14. The molecule has 22 heavy (non-hydrogen) atoms. The maximum Gasteiger partial charge on any atom is 0.461 e. The maximum absolute atomic E-state index is 6.22. The van der Waals surface area contributed by atoms with Crippen molar-refractivity contribution in [3.63, 3.8) is 0 Å². The lowest BCUT2D eigenvalue weighted by molar-refractivity contribution is 0.00578. The molecular formula is C17H29BN2O2. The van der Waals surface area contributed by atoms with Crippen molar-refractivity contribution in [2.75, 3.05) is 0 Å². The summed E-state index contributed by atoms with van der Waals surface area (Å²) in [5, 5.41) is 4.72. The number of rotatable bonds is 3. The van der Waals surface area contributed by atoms with Gasteiger partial charge >= 0.3 is 7.12 Å². The molecule has 0 amide bonds. The number of hydrogen-bond acceptors (Lipinski definition) is 3. The molecule has 1 saturated heterocycles. The Morgan fingerprint density at radius 2 is 1.68 bits per heavy atom. The average molecular weight is 304 g/mol. The minimum atomic E-state index is -0.239. The topological polar surface area (TPSA) is 36.3 Å². The lowest BCUT2D eigenvalue weighted by Crippen LogP contribution is -2.41. The number of aromatic nitrogens is 2. The zero-order valence-electron chi connectivity index (χ0n) is 15.2. The molecule has 0 unspecified atom stereocenters. The zero-order valence-corrected chi connectivity index (χ0v) is 15.2. The highest BCUT2D eigenvalue weighted by molar-refractivity contribution is 6.49. The van der Waals surface area contributed by atoms with E-state index >= 15 is 0 Å². The highest BCUT2D eigenvalue weighted by Crippen LogP contribution is 2.59. The fraction of sp³-hybridized carbons (Fsp3) is 0.824. The molecule has 1 aliphatic carbocycles. The van der Waals surface area contributed by atoms with Gasteiger partial charge in [0.25, 0.3) is 0 Å². The summed E-state index contributed by atoms with van der Waals surface area (Å²) < 4.78 is 14.6. The smallest absolute Gasteiger partial charge is 0.403 e. The van der Waals surface area contributed by atoms with Crippen LogP contribution in [0.2, 0.25) is 5.82 Å². The molecule has 2 fully saturated rings. The van der Waals surface area contributed by atoms with Crippen LogP contribution in [0.5, 0.6) is 0 Å². The summed E-state index contributed by atoms with van der Waals surface area (Å²) in [5.74, 6) is 0.991. The first-order valence-corrected chi connectivity index (χ1v) is 8.46. The molecule has 5 heteroatoms. The molecule has 0 spiro atoms. The van der Waals surface area contributed by atoms with E-state index in [9.17, 15) is 0 Å². The molecule has 0 bridgehead atoms. The lowest BCUT2D eigenvalue weighted by Gasteiger charge is -2.32. The third kappa shape index (κ3) is 2.33. The summed E-state index contributed by atoms with van der Waals surface area (Å²) in [7, 11) is -0.0869. The molecule has 0 radical (unpaired) electrons. The van der Waals surface area contributed by atoms with Crippen LogP contribution in [0, 0.1) is 13.8 Å². The van der Waals surface area contributed by atoms with E-state index in [1.807, 2.05) is 0 Å². The summed E-state index contributed by atoms with van der Waals surface area (Å²) in [5.41, 5.74) is 3.40. The van der Waals surface area contributed by atoms with Crippen molar-refractivity contribution in [3.05, 3.63) is 17.0 Å². The third-order valence-corrected chi connectivity index (χ3v) is 5.70. The van der Waals surface area contributed by atoms with Gasteiger partial charge in [-0.25, -0.2) is 0 Å². The Balaban J connectivity index is 1.79. The Bertz CT molecular complexity index is 576. The third-order valence-electron chi connectivity index (χ3n) is 5.70. The van der Waals surface area contributed by atoms with Crippen molar-refractivity contribution in [2.24, 2.45) is 0 Å². The predicted molar refractivity (Wildman–Crippen MR) is 89.3 cm³/mol. The number of aryl methyl sites for hydroxylation is 1. The van der Waals surface area contributed by atoms with Crippen molar-refractivity contribution in [3.8, 4) is 0 Å². The van der Waals surface area contributed by atoms with E-state index in [-0.39, 0.29) is 18.3 Å². The molecule has 2 atom stereocenters. The van der Waals surface area contributed by atoms with Crippen molar-refractivity contribution in [1.82, 2.24) is 9.78 Å². The van der Waals surface area contributed by atoms with Crippen molar-refractivity contribution in [1.29, 1.82) is 0 Å². The van der Waals surface area contributed by atoms with E-state index in [4.69, 9.17) is 14.4 Å². The standard InChI is InChI=1S/C17H29BN2O2/c1-10(2)20-12(4)15(11(3)19-20)13-9-14(13)18-21-16(5,6)17(7,8)22-18/h10,13-14H,9H2,1-8H3/t13-,14-/m1/s1. The summed E-state index contributed by atoms with van der Waals surface area (Å²) in [6.45, 7) is 17.2. The van der Waals surface area contributed by atoms with Gasteiger partial charge in [0.15, 0.2) is 0 Å². The van der Waals surface area contributed by atoms with Gasteiger partial charge in [0.1, 0.15) is 0 Å². The van der Waals surface area contributed by atoms with Gasteiger partial charge in [-0.15, -0.1) is 0 Å².